The van der Waals surface area contributed by atoms with Crippen molar-refractivity contribution in [2.24, 2.45) is 7.05 Å². The molecule has 1 unspecified atom stereocenters. The molecule has 7 heteroatoms. The van der Waals surface area contributed by atoms with Gasteiger partial charge in [0.25, 0.3) is 0 Å². The van der Waals surface area contributed by atoms with Gasteiger partial charge in [-0.05, 0) is 46.4 Å². The number of benzene rings is 3. The number of rotatable bonds is 8. The van der Waals surface area contributed by atoms with Gasteiger partial charge in [-0.15, -0.1) is 0 Å². The molecule has 190 valence electrons. The molecule has 0 fully saturated rings. The number of fused-ring (bicyclic) bond motifs is 2. The number of nitrogens with one attached hydrogen (secondary N) is 1. The van der Waals surface area contributed by atoms with Gasteiger partial charge < -0.3 is 14.6 Å². The summed E-state index contributed by atoms with van der Waals surface area (Å²) in [5.74, 6) is -0.435. The van der Waals surface area contributed by atoms with Crippen LogP contribution in [-0.4, -0.2) is 52.1 Å². The first kappa shape index (κ1) is 24.7. The monoisotopic (exact) mass is 496 g/mol. The number of imidazole rings is 1. The summed E-state index contributed by atoms with van der Waals surface area (Å²) in [6.07, 6.45) is 2.64. The summed E-state index contributed by atoms with van der Waals surface area (Å²) < 4.78 is 7.55. The van der Waals surface area contributed by atoms with Crippen LogP contribution < -0.4 is 5.32 Å². The number of hydrogen-bond donors (Lipinski definition) is 1. The highest BCUT2D eigenvalue weighted by molar-refractivity contribution is 5.83. The van der Waals surface area contributed by atoms with Crippen LogP contribution >= 0.6 is 0 Å². The minimum Gasteiger partial charge on any atom is -0.459 e. The average molecular weight is 497 g/mol. The second kappa shape index (κ2) is 11.0. The molecule has 0 saturated heterocycles. The summed E-state index contributed by atoms with van der Waals surface area (Å²) in [5.41, 5.74) is 7.76. The van der Waals surface area contributed by atoms with Gasteiger partial charge in [0.2, 0.25) is 5.91 Å². The molecule has 5 rings (SSSR count). The molecule has 1 aromatic heterocycles. The zero-order valence-electron chi connectivity index (χ0n) is 21.3. The molecule has 0 radical (unpaired) electrons. The highest BCUT2D eigenvalue weighted by Crippen LogP contribution is 2.25. The van der Waals surface area contributed by atoms with Gasteiger partial charge in [0.15, 0.2) is 0 Å². The van der Waals surface area contributed by atoms with E-state index in [4.69, 9.17) is 4.74 Å². The van der Waals surface area contributed by atoms with E-state index in [2.05, 4.69) is 51.6 Å². The summed E-state index contributed by atoms with van der Waals surface area (Å²) in [5, 5.41) is 2.98. The highest BCUT2D eigenvalue weighted by Gasteiger charge is 2.22. The van der Waals surface area contributed by atoms with Crippen molar-refractivity contribution in [3.8, 4) is 11.1 Å². The lowest BCUT2D eigenvalue weighted by atomic mass is 10.00. The molecular formula is C30H32N4O3. The number of aromatic nitrogens is 2. The first-order valence-corrected chi connectivity index (χ1v) is 12.7. The van der Waals surface area contributed by atoms with E-state index in [1.165, 1.54) is 18.1 Å². The Morgan fingerprint density at radius 1 is 1.03 bits per heavy atom. The molecular weight excluding hydrogens is 464 g/mol. The predicted molar refractivity (Wildman–Crippen MR) is 144 cm³/mol. The van der Waals surface area contributed by atoms with Crippen LogP contribution in [0.25, 0.3) is 22.2 Å². The SMILES string of the molecule is CC(=O)OC(CNC(=O)Cc1cccc(-c2ccc3ncn(C)c3c2)c1)CN1CCc2ccccc2C1. The molecule has 2 heterocycles. The minimum atomic E-state index is -0.399. The Morgan fingerprint density at radius 2 is 1.84 bits per heavy atom. The molecule has 1 amide bonds. The number of carbonyl (C=O) groups excluding carboxylic acids is 2. The quantitative estimate of drug-likeness (QED) is 0.375. The summed E-state index contributed by atoms with van der Waals surface area (Å²) >= 11 is 0. The lowest BCUT2D eigenvalue weighted by molar-refractivity contribution is -0.147. The van der Waals surface area contributed by atoms with Gasteiger partial charge in [-0.1, -0.05) is 54.6 Å². The van der Waals surface area contributed by atoms with Crippen LogP contribution in [0.1, 0.15) is 23.6 Å². The third-order valence-electron chi connectivity index (χ3n) is 6.88. The lowest BCUT2D eigenvalue weighted by Crippen LogP contribution is -2.44. The predicted octanol–water partition coefficient (Wildman–Crippen LogP) is 3.89. The van der Waals surface area contributed by atoms with E-state index in [-0.39, 0.29) is 24.8 Å². The normalized spacial score (nSPS) is 14.2. The zero-order valence-corrected chi connectivity index (χ0v) is 21.3. The van der Waals surface area contributed by atoms with Gasteiger partial charge in [-0.3, -0.25) is 14.5 Å². The zero-order chi connectivity index (χ0) is 25.8. The number of amides is 1. The second-order valence-corrected chi connectivity index (χ2v) is 9.73. The number of ether oxygens (including phenoxy) is 1. The van der Waals surface area contributed by atoms with E-state index in [9.17, 15) is 9.59 Å². The third-order valence-corrected chi connectivity index (χ3v) is 6.88. The first-order valence-electron chi connectivity index (χ1n) is 12.7. The standard InChI is InChI=1S/C30H32N4O3/c1-21(35)37-27(19-34-13-12-23-7-3-4-8-26(23)18-34)17-31-30(36)15-22-6-5-9-24(14-22)25-10-11-28-29(16-25)33(2)20-32-28/h3-11,14,16,20,27H,12-13,15,17-19H2,1-2H3,(H,31,36). The van der Waals surface area contributed by atoms with E-state index >= 15 is 0 Å². The molecule has 3 aromatic carbocycles. The fourth-order valence-electron chi connectivity index (χ4n) is 5.02. The number of esters is 1. The average Bonchev–Trinajstić information content (AvgIpc) is 3.27. The number of aryl methyl sites for hydroxylation is 1. The van der Waals surface area contributed by atoms with Crippen LogP contribution in [-0.2, 0) is 40.8 Å². The number of nitrogens with zero attached hydrogens (tertiary/aromatic N) is 3. The van der Waals surface area contributed by atoms with Crippen molar-refractivity contribution in [1.29, 1.82) is 0 Å². The van der Waals surface area contributed by atoms with Gasteiger partial charge in [-0.25, -0.2) is 4.98 Å². The number of carbonyl (C=O) groups is 2. The fourth-order valence-corrected chi connectivity index (χ4v) is 5.02. The Hall–Kier alpha value is -3.97. The van der Waals surface area contributed by atoms with Crippen molar-refractivity contribution < 1.29 is 14.3 Å². The largest absolute Gasteiger partial charge is 0.459 e. The Balaban J connectivity index is 1.19. The maximum Gasteiger partial charge on any atom is 0.303 e. The summed E-state index contributed by atoms with van der Waals surface area (Å²) in [7, 11) is 1.98. The van der Waals surface area contributed by atoms with Crippen molar-refractivity contribution in [2.45, 2.75) is 32.4 Å². The van der Waals surface area contributed by atoms with E-state index in [1.807, 2.05) is 48.3 Å². The Kier molecular flexibility index (Phi) is 7.32. The van der Waals surface area contributed by atoms with Crippen LogP contribution in [0.2, 0.25) is 0 Å². The van der Waals surface area contributed by atoms with Crippen molar-refractivity contribution >= 4 is 22.9 Å². The van der Waals surface area contributed by atoms with Gasteiger partial charge >= 0.3 is 5.97 Å². The highest BCUT2D eigenvalue weighted by atomic mass is 16.5. The first-order chi connectivity index (χ1) is 17.9. The van der Waals surface area contributed by atoms with Crippen LogP contribution in [0.15, 0.2) is 73.1 Å². The topological polar surface area (TPSA) is 76.5 Å². The van der Waals surface area contributed by atoms with Crippen LogP contribution in [0.3, 0.4) is 0 Å². The van der Waals surface area contributed by atoms with Crippen LogP contribution in [0.4, 0.5) is 0 Å². The molecule has 0 spiro atoms. The van der Waals surface area contributed by atoms with E-state index in [1.54, 1.807) is 0 Å². The maximum absolute atomic E-state index is 12.8. The minimum absolute atomic E-state index is 0.0969. The summed E-state index contributed by atoms with van der Waals surface area (Å²) in [6, 6.07) is 22.6. The van der Waals surface area contributed by atoms with E-state index in [0.717, 1.165) is 47.2 Å². The molecule has 7 nitrogen and oxygen atoms in total. The van der Waals surface area contributed by atoms with Crippen molar-refractivity contribution in [1.82, 2.24) is 19.8 Å². The van der Waals surface area contributed by atoms with E-state index in [0.29, 0.717) is 6.54 Å². The van der Waals surface area contributed by atoms with Crippen LogP contribution in [0, 0.1) is 0 Å². The van der Waals surface area contributed by atoms with Crippen molar-refractivity contribution in [3.05, 3.63) is 89.7 Å². The Bertz CT molecular complexity index is 1430. The molecule has 0 saturated carbocycles. The summed E-state index contributed by atoms with van der Waals surface area (Å²) in [6.45, 7) is 4.00. The van der Waals surface area contributed by atoms with Gasteiger partial charge in [0.05, 0.1) is 30.3 Å². The molecule has 0 bridgehead atoms. The molecule has 1 atom stereocenters. The fraction of sp³-hybridized carbons (Fsp3) is 0.300. The lowest BCUT2D eigenvalue weighted by Gasteiger charge is -2.31. The van der Waals surface area contributed by atoms with E-state index < -0.39 is 6.10 Å². The van der Waals surface area contributed by atoms with Crippen molar-refractivity contribution in [3.63, 3.8) is 0 Å². The van der Waals surface area contributed by atoms with Gasteiger partial charge in [-0.2, -0.15) is 0 Å². The molecule has 1 N–H and O–H groups in total. The Morgan fingerprint density at radius 3 is 2.68 bits per heavy atom. The number of hydrogen-bond acceptors (Lipinski definition) is 5. The smallest absolute Gasteiger partial charge is 0.303 e. The second-order valence-electron chi connectivity index (χ2n) is 9.73. The summed E-state index contributed by atoms with van der Waals surface area (Å²) in [4.78, 5) is 31.2. The van der Waals surface area contributed by atoms with Gasteiger partial charge in [0, 0.05) is 33.6 Å². The molecule has 4 aromatic rings. The maximum atomic E-state index is 12.8. The molecule has 37 heavy (non-hydrogen) atoms. The molecule has 1 aliphatic rings. The third kappa shape index (κ3) is 6.06. The Labute approximate surface area is 217 Å². The van der Waals surface area contributed by atoms with Crippen LogP contribution in [0.5, 0.6) is 0 Å². The van der Waals surface area contributed by atoms with Crippen molar-refractivity contribution in [2.75, 3.05) is 19.6 Å². The molecule has 1 aliphatic heterocycles. The molecule has 0 aliphatic carbocycles. The van der Waals surface area contributed by atoms with Gasteiger partial charge in [0.1, 0.15) is 6.10 Å².